The van der Waals surface area contributed by atoms with Crippen LogP contribution in [0.1, 0.15) is 25.3 Å². The molecule has 1 aromatic heterocycles. The fraction of sp³-hybridized carbons (Fsp3) is 0.529. The van der Waals surface area contributed by atoms with Gasteiger partial charge in [0.25, 0.3) is 0 Å². The molecule has 0 bridgehead atoms. The number of hydrogen-bond donors (Lipinski definition) is 2. The second kappa shape index (κ2) is 6.82. The summed E-state index contributed by atoms with van der Waals surface area (Å²) in [5.41, 5.74) is 2.52. The van der Waals surface area contributed by atoms with E-state index in [9.17, 15) is 0 Å². The number of likely N-dealkylation sites (tertiary alicyclic amines) is 1. The molecule has 1 aliphatic heterocycles. The van der Waals surface area contributed by atoms with Gasteiger partial charge in [0, 0.05) is 28.7 Å². The quantitative estimate of drug-likeness (QED) is 0.883. The van der Waals surface area contributed by atoms with Gasteiger partial charge in [-0.15, -0.1) is 0 Å². The molecule has 2 aromatic rings. The third kappa shape index (κ3) is 3.60. The minimum absolute atomic E-state index is 0.792. The van der Waals surface area contributed by atoms with Crippen molar-refractivity contribution in [2.45, 2.75) is 26.3 Å². The highest BCUT2D eigenvalue weighted by Crippen LogP contribution is 2.25. The molecule has 0 spiro atoms. The van der Waals surface area contributed by atoms with Crippen LogP contribution in [-0.4, -0.2) is 36.1 Å². The average molecular weight is 306 g/mol. The standard InChI is InChI=1S/C17H24ClN3/c1-2-19-10-13-5-7-21(8-6-13)12-14-11-20-17-9-15(18)3-4-16(14)17/h3-4,9,11,13,19-20H,2,5-8,10,12H2,1H3. The van der Waals surface area contributed by atoms with Crippen molar-refractivity contribution in [3.63, 3.8) is 0 Å². The van der Waals surface area contributed by atoms with E-state index in [1.165, 1.54) is 43.4 Å². The summed E-state index contributed by atoms with van der Waals surface area (Å²) < 4.78 is 0. The summed E-state index contributed by atoms with van der Waals surface area (Å²) in [4.78, 5) is 5.90. The molecule has 3 rings (SSSR count). The molecule has 3 nitrogen and oxygen atoms in total. The van der Waals surface area contributed by atoms with Crippen LogP contribution in [-0.2, 0) is 6.54 Å². The zero-order valence-corrected chi connectivity index (χ0v) is 13.4. The van der Waals surface area contributed by atoms with Crippen LogP contribution in [0.2, 0.25) is 5.02 Å². The van der Waals surface area contributed by atoms with Gasteiger partial charge < -0.3 is 10.3 Å². The summed E-state index contributed by atoms with van der Waals surface area (Å²) in [5, 5.41) is 5.56. The second-order valence-corrected chi connectivity index (χ2v) is 6.47. The molecule has 2 N–H and O–H groups in total. The van der Waals surface area contributed by atoms with Crippen LogP contribution in [0.5, 0.6) is 0 Å². The van der Waals surface area contributed by atoms with Gasteiger partial charge in [-0.3, -0.25) is 4.90 Å². The van der Waals surface area contributed by atoms with E-state index in [1.54, 1.807) is 0 Å². The molecule has 0 radical (unpaired) electrons. The smallest absolute Gasteiger partial charge is 0.0472 e. The predicted octanol–water partition coefficient (Wildman–Crippen LogP) is 3.64. The SMILES string of the molecule is CCNCC1CCN(Cc2c[nH]c3cc(Cl)ccc23)CC1. The maximum absolute atomic E-state index is 6.04. The van der Waals surface area contributed by atoms with Crippen molar-refractivity contribution in [2.75, 3.05) is 26.2 Å². The van der Waals surface area contributed by atoms with Gasteiger partial charge in [0.05, 0.1) is 0 Å². The minimum atomic E-state index is 0.792. The molecule has 114 valence electrons. The molecule has 1 aliphatic rings. The van der Waals surface area contributed by atoms with E-state index in [4.69, 9.17) is 11.6 Å². The molecular formula is C17H24ClN3. The Kier molecular flexibility index (Phi) is 4.84. The summed E-state index contributed by atoms with van der Waals surface area (Å²) in [6.07, 6.45) is 4.74. The molecule has 0 saturated carbocycles. The van der Waals surface area contributed by atoms with Crippen molar-refractivity contribution < 1.29 is 0 Å². The summed E-state index contributed by atoms with van der Waals surface area (Å²) >= 11 is 6.04. The Morgan fingerprint density at radius 1 is 1.33 bits per heavy atom. The average Bonchev–Trinajstić information content (AvgIpc) is 2.88. The van der Waals surface area contributed by atoms with Crippen LogP contribution in [0.25, 0.3) is 10.9 Å². The van der Waals surface area contributed by atoms with E-state index >= 15 is 0 Å². The van der Waals surface area contributed by atoms with E-state index in [2.05, 4.69) is 34.4 Å². The van der Waals surface area contributed by atoms with Crippen molar-refractivity contribution in [3.05, 3.63) is 35.0 Å². The van der Waals surface area contributed by atoms with Gasteiger partial charge >= 0.3 is 0 Å². The first-order valence-corrected chi connectivity index (χ1v) is 8.32. The van der Waals surface area contributed by atoms with E-state index in [1.807, 2.05) is 12.1 Å². The maximum atomic E-state index is 6.04. The Balaban J connectivity index is 1.59. The number of aromatic nitrogens is 1. The monoisotopic (exact) mass is 305 g/mol. The summed E-state index contributed by atoms with van der Waals surface area (Å²) in [6.45, 7) is 7.88. The molecule has 0 aliphatic carbocycles. The number of benzene rings is 1. The molecule has 21 heavy (non-hydrogen) atoms. The van der Waals surface area contributed by atoms with Crippen LogP contribution in [0.15, 0.2) is 24.4 Å². The molecule has 1 fully saturated rings. The molecular weight excluding hydrogens is 282 g/mol. The van der Waals surface area contributed by atoms with E-state index < -0.39 is 0 Å². The Morgan fingerprint density at radius 3 is 2.90 bits per heavy atom. The molecule has 0 atom stereocenters. The first-order chi connectivity index (χ1) is 10.3. The van der Waals surface area contributed by atoms with Crippen molar-refractivity contribution >= 4 is 22.5 Å². The number of piperidine rings is 1. The Morgan fingerprint density at radius 2 is 2.14 bits per heavy atom. The second-order valence-electron chi connectivity index (χ2n) is 6.03. The Labute approximate surface area is 131 Å². The molecule has 0 amide bonds. The highest BCUT2D eigenvalue weighted by molar-refractivity contribution is 6.31. The van der Waals surface area contributed by atoms with E-state index in [-0.39, 0.29) is 0 Å². The van der Waals surface area contributed by atoms with Crippen molar-refractivity contribution in [3.8, 4) is 0 Å². The van der Waals surface area contributed by atoms with Crippen LogP contribution in [0.3, 0.4) is 0 Å². The summed E-state index contributed by atoms with van der Waals surface area (Å²) in [6, 6.07) is 6.11. The van der Waals surface area contributed by atoms with Gasteiger partial charge in [-0.1, -0.05) is 24.6 Å². The van der Waals surface area contributed by atoms with Gasteiger partial charge in [-0.05, 0) is 62.6 Å². The van der Waals surface area contributed by atoms with E-state index in [0.29, 0.717) is 0 Å². The molecule has 0 unspecified atom stereocenters. The zero-order valence-electron chi connectivity index (χ0n) is 12.7. The summed E-state index contributed by atoms with van der Waals surface area (Å²) in [5.74, 6) is 0.850. The van der Waals surface area contributed by atoms with Crippen LogP contribution < -0.4 is 5.32 Å². The van der Waals surface area contributed by atoms with Crippen molar-refractivity contribution in [1.29, 1.82) is 0 Å². The lowest BCUT2D eigenvalue weighted by molar-refractivity contribution is 0.176. The third-order valence-corrected chi connectivity index (χ3v) is 4.75. The number of nitrogens with zero attached hydrogens (tertiary/aromatic N) is 1. The largest absolute Gasteiger partial charge is 0.361 e. The van der Waals surface area contributed by atoms with Gasteiger partial charge in [0.2, 0.25) is 0 Å². The highest BCUT2D eigenvalue weighted by atomic mass is 35.5. The lowest BCUT2D eigenvalue weighted by Gasteiger charge is -2.31. The van der Waals surface area contributed by atoms with Gasteiger partial charge in [-0.2, -0.15) is 0 Å². The third-order valence-electron chi connectivity index (χ3n) is 4.51. The fourth-order valence-corrected chi connectivity index (χ4v) is 3.40. The van der Waals surface area contributed by atoms with Crippen molar-refractivity contribution in [2.24, 2.45) is 5.92 Å². The fourth-order valence-electron chi connectivity index (χ4n) is 3.23. The number of nitrogens with one attached hydrogen (secondary N) is 2. The number of rotatable bonds is 5. The molecule has 1 saturated heterocycles. The predicted molar refractivity (Wildman–Crippen MR) is 89.9 cm³/mol. The number of aromatic amines is 1. The normalized spacial score (nSPS) is 17.6. The zero-order chi connectivity index (χ0) is 14.7. The molecule has 1 aromatic carbocycles. The Hall–Kier alpha value is -1.03. The highest BCUT2D eigenvalue weighted by Gasteiger charge is 2.19. The van der Waals surface area contributed by atoms with Crippen LogP contribution in [0.4, 0.5) is 0 Å². The first kappa shape index (κ1) is 14.9. The first-order valence-electron chi connectivity index (χ1n) is 7.95. The minimum Gasteiger partial charge on any atom is -0.361 e. The molecule has 2 heterocycles. The van der Waals surface area contributed by atoms with Gasteiger partial charge in [0.15, 0.2) is 0 Å². The maximum Gasteiger partial charge on any atom is 0.0472 e. The number of H-pyrrole nitrogens is 1. The molecule has 4 heteroatoms. The van der Waals surface area contributed by atoms with Gasteiger partial charge in [0.1, 0.15) is 0 Å². The van der Waals surface area contributed by atoms with Crippen LogP contribution in [0, 0.1) is 5.92 Å². The number of hydrogen-bond acceptors (Lipinski definition) is 2. The number of halogens is 1. The topological polar surface area (TPSA) is 31.1 Å². The van der Waals surface area contributed by atoms with E-state index in [0.717, 1.165) is 29.5 Å². The lowest BCUT2D eigenvalue weighted by atomic mass is 9.96. The van der Waals surface area contributed by atoms with Crippen molar-refractivity contribution in [1.82, 2.24) is 15.2 Å². The number of fused-ring (bicyclic) bond motifs is 1. The Bertz CT molecular complexity index is 585. The lowest BCUT2D eigenvalue weighted by Crippen LogP contribution is -2.36. The van der Waals surface area contributed by atoms with Gasteiger partial charge in [-0.25, -0.2) is 0 Å². The van der Waals surface area contributed by atoms with Crippen LogP contribution >= 0.6 is 11.6 Å². The summed E-state index contributed by atoms with van der Waals surface area (Å²) in [7, 11) is 0.